The number of carboxylic acid groups (broad SMARTS) is 1. The molecule has 0 heterocycles. The van der Waals surface area contributed by atoms with Gasteiger partial charge in [0.2, 0.25) is 0 Å². The van der Waals surface area contributed by atoms with Gasteiger partial charge in [-0.3, -0.25) is 9.59 Å². The van der Waals surface area contributed by atoms with Gasteiger partial charge in [-0.2, -0.15) is 0 Å². The van der Waals surface area contributed by atoms with Crippen LogP contribution < -0.4 is 9.47 Å². The second kappa shape index (κ2) is 6.60. The summed E-state index contributed by atoms with van der Waals surface area (Å²) >= 11 is 2.95. The maximum atomic E-state index is 12.1. The van der Waals surface area contributed by atoms with Gasteiger partial charge in [-0.1, -0.05) is 0 Å². The molecular formula is C11H8BrF3O5. The molecule has 0 atom stereocenters. The molecule has 110 valence electrons. The van der Waals surface area contributed by atoms with Crippen molar-refractivity contribution in [3.05, 3.63) is 22.2 Å². The van der Waals surface area contributed by atoms with Crippen LogP contribution in [0.4, 0.5) is 13.2 Å². The van der Waals surface area contributed by atoms with Gasteiger partial charge in [0, 0.05) is 0 Å². The zero-order chi connectivity index (χ0) is 15.3. The Bertz CT molecular complexity index is 516. The Hall–Kier alpha value is -1.77. The summed E-state index contributed by atoms with van der Waals surface area (Å²) < 4.78 is 45.2. The van der Waals surface area contributed by atoms with E-state index < -0.39 is 18.1 Å². The van der Waals surface area contributed by atoms with E-state index in [4.69, 9.17) is 9.84 Å². The fraction of sp³-hybridized carbons (Fsp3) is 0.273. The highest BCUT2D eigenvalue weighted by Gasteiger charge is 2.32. The number of aldehydes is 1. The van der Waals surface area contributed by atoms with Crippen molar-refractivity contribution in [2.45, 2.75) is 12.8 Å². The molecule has 5 nitrogen and oxygen atoms in total. The highest BCUT2D eigenvalue weighted by molar-refractivity contribution is 9.10. The molecule has 0 unspecified atom stereocenters. The highest BCUT2D eigenvalue weighted by atomic mass is 79.9. The van der Waals surface area contributed by atoms with Gasteiger partial charge in [0.1, 0.15) is 11.5 Å². The standard InChI is InChI=1S/C11H8BrF3O5/c12-7-4-8(20-11(13,14)15)6(5-16)3-9(7)19-2-1-10(17)18/h3-5H,1-2H2,(H,17,18). The van der Waals surface area contributed by atoms with E-state index in [2.05, 4.69) is 20.7 Å². The Kier molecular flexibility index (Phi) is 5.37. The summed E-state index contributed by atoms with van der Waals surface area (Å²) in [7, 11) is 0. The van der Waals surface area contributed by atoms with Crippen molar-refractivity contribution < 1.29 is 37.3 Å². The molecule has 0 saturated heterocycles. The van der Waals surface area contributed by atoms with E-state index in [0.717, 1.165) is 12.1 Å². The summed E-state index contributed by atoms with van der Waals surface area (Å²) in [4.78, 5) is 21.1. The Morgan fingerprint density at radius 2 is 2.00 bits per heavy atom. The van der Waals surface area contributed by atoms with E-state index in [0.29, 0.717) is 0 Å². The number of ether oxygens (including phenoxy) is 2. The molecule has 1 aromatic carbocycles. The number of carbonyl (C=O) groups excluding carboxylic acids is 1. The predicted octanol–water partition coefficient (Wildman–Crippen LogP) is 3.01. The number of benzene rings is 1. The van der Waals surface area contributed by atoms with Crippen LogP contribution in [0.25, 0.3) is 0 Å². The topological polar surface area (TPSA) is 72.8 Å². The molecule has 0 aliphatic carbocycles. The van der Waals surface area contributed by atoms with Gasteiger partial charge < -0.3 is 14.6 Å². The zero-order valence-electron chi connectivity index (χ0n) is 9.74. The number of aliphatic carboxylic acids is 1. The average molecular weight is 357 g/mol. The number of rotatable bonds is 6. The van der Waals surface area contributed by atoms with Gasteiger partial charge in [-0.15, -0.1) is 13.2 Å². The normalized spacial score (nSPS) is 11.0. The molecule has 0 aromatic heterocycles. The first-order valence-electron chi connectivity index (χ1n) is 5.12. The van der Waals surface area contributed by atoms with Crippen molar-refractivity contribution in [3.63, 3.8) is 0 Å². The van der Waals surface area contributed by atoms with Crippen molar-refractivity contribution in [3.8, 4) is 11.5 Å². The van der Waals surface area contributed by atoms with E-state index in [1.165, 1.54) is 0 Å². The van der Waals surface area contributed by atoms with Crippen molar-refractivity contribution in [1.82, 2.24) is 0 Å². The van der Waals surface area contributed by atoms with Crippen molar-refractivity contribution in [2.24, 2.45) is 0 Å². The molecule has 0 bridgehead atoms. The third kappa shape index (κ3) is 5.08. The second-order valence-corrected chi connectivity index (χ2v) is 4.33. The lowest BCUT2D eigenvalue weighted by atomic mass is 10.2. The lowest BCUT2D eigenvalue weighted by molar-refractivity contribution is -0.274. The summed E-state index contributed by atoms with van der Waals surface area (Å²) in [5.74, 6) is -1.72. The minimum atomic E-state index is -4.93. The molecule has 0 fully saturated rings. The van der Waals surface area contributed by atoms with Crippen LogP contribution in [-0.4, -0.2) is 30.3 Å². The minimum Gasteiger partial charge on any atom is -0.492 e. The number of alkyl halides is 3. The van der Waals surface area contributed by atoms with Crippen molar-refractivity contribution >= 4 is 28.2 Å². The monoisotopic (exact) mass is 356 g/mol. The molecule has 20 heavy (non-hydrogen) atoms. The summed E-state index contributed by atoms with van der Waals surface area (Å²) in [5, 5.41) is 8.44. The maximum absolute atomic E-state index is 12.1. The molecule has 0 radical (unpaired) electrons. The molecule has 1 rings (SSSR count). The Balaban J connectivity index is 2.95. The Morgan fingerprint density at radius 3 is 2.50 bits per heavy atom. The predicted molar refractivity (Wildman–Crippen MR) is 64.0 cm³/mol. The van der Waals surface area contributed by atoms with E-state index in [1.807, 2.05) is 0 Å². The molecular weight excluding hydrogens is 349 g/mol. The molecule has 9 heteroatoms. The lowest BCUT2D eigenvalue weighted by Crippen LogP contribution is -2.18. The highest BCUT2D eigenvalue weighted by Crippen LogP contribution is 2.35. The SMILES string of the molecule is O=Cc1cc(OCCC(=O)O)c(Br)cc1OC(F)(F)F. The average Bonchev–Trinajstić information content (AvgIpc) is 2.29. The number of halogens is 4. The van der Waals surface area contributed by atoms with E-state index in [-0.39, 0.29) is 35.1 Å². The van der Waals surface area contributed by atoms with Crippen LogP contribution in [0.2, 0.25) is 0 Å². The fourth-order valence-electron chi connectivity index (χ4n) is 1.21. The third-order valence-electron chi connectivity index (χ3n) is 1.99. The minimum absolute atomic E-state index is 0.0443. The van der Waals surface area contributed by atoms with Gasteiger partial charge >= 0.3 is 12.3 Å². The zero-order valence-corrected chi connectivity index (χ0v) is 11.3. The molecule has 0 amide bonds. The van der Waals surface area contributed by atoms with Crippen LogP contribution in [0.5, 0.6) is 11.5 Å². The van der Waals surface area contributed by atoms with Gasteiger partial charge in [-0.25, -0.2) is 0 Å². The number of carboxylic acids is 1. The first kappa shape index (κ1) is 16.3. The van der Waals surface area contributed by atoms with Gasteiger partial charge in [0.25, 0.3) is 0 Å². The number of hydrogen-bond acceptors (Lipinski definition) is 4. The first-order chi connectivity index (χ1) is 9.23. The van der Waals surface area contributed by atoms with Crippen LogP contribution in [0.1, 0.15) is 16.8 Å². The first-order valence-corrected chi connectivity index (χ1v) is 5.91. The molecule has 1 N–H and O–H groups in total. The summed E-state index contributed by atoms with van der Waals surface area (Å²) in [6, 6.07) is 1.95. The van der Waals surface area contributed by atoms with Crippen molar-refractivity contribution in [2.75, 3.05) is 6.61 Å². The number of hydrogen-bond donors (Lipinski definition) is 1. The van der Waals surface area contributed by atoms with Crippen LogP contribution in [0, 0.1) is 0 Å². The Morgan fingerprint density at radius 1 is 1.35 bits per heavy atom. The van der Waals surface area contributed by atoms with Crippen LogP contribution in [-0.2, 0) is 4.79 Å². The molecule has 0 aliphatic rings. The number of carbonyl (C=O) groups is 2. The second-order valence-electron chi connectivity index (χ2n) is 3.48. The van der Waals surface area contributed by atoms with Crippen LogP contribution in [0.3, 0.4) is 0 Å². The smallest absolute Gasteiger partial charge is 0.492 e. The van der Waals surface area contributed by atoms with E-state index in [1.54, 1.807) is 0 Å². The fourth-order valence-corrected chi connectivity index (χ4v) is 1.65. The van der Waals surface area contributed by atoms with E-state index in [9.17, 15) is 22.8 Å². The van der Waals surface area contributed by atoms with Gasteiger partial charge in [0.15, 0.2) is 6.29 Å². The van der Waals surface area contributed by atoms with E-state index >= 15 is 0 Å². The summed E-state index contributed by atoms with van der Waals surface area (Å²) in [6.07, 6.45) is -5.04. The molecule has 0 saturated carbocycles. The molecule has 0 aliphatic heterocycles. The third-order valence-corrected chi connectivity index (χ3v) is 2.61. The maximum Gasteiger partial charge on any atom is 0.573 e. The van der Waals surface area contributed by atoms with Crippen LogP contribution >= 0.6 is 15.9 Å². The quantitative estimate of drug-likeness (QED) is 0.793. The summed E-state index contributed by atoms with van der Waals surface area (Å²) in [6.45, 7) is -0.189. The Labute approximate surface area is 119 Å². The van der Waals surface area contributed by atoms with Crippen molar-refractivity contribution in [1.29, 1.82) is 0 Å². The van der Waals surface area contributed by atoms with Crippen LogP contribution in [0.15, 0.2) is 16.6 Å². The molecule has 0 spiro atoms. The lowest BCUT2D eigenvalue weighted by Gasteiger charge is -2.13. The van der Waals surface area contributed by atoms with Gasteiger partial charge in [0.05, 0.1) is 23.1 Å². The molecule has 1 aromatic rings. The summed E-state index contributed by atoms with van der Waals surface area (Å²) in [5.41, 5.74) is -0.365. The van der Waals surface area contributed by atoms with Gasteiger partial charge in [-0.05, 0) is 28.1 Å². The largest absolute Gasteiger partial charge is 0.573 e.